The van der Waals surface area contributed by atoms with Crippen LogP contribution in [0.2, 0.25) is 0 Å². The van der Waals surface area contributed by atoms with E-state index in [4.69, 9.17) is 9.47 Å². The standard InChI is InChI=1S/C18H21BrN2O3/c1-23-16-5-3-4-14(17(16)24-2)12-20-10-11-21-18(22)13-6-8-15(19)9-7-13/h3-9,20H,10-12H2,1-2H3,(H,21,22). The summed E-state index contributed by atoms with van der Waals surface area (Å²) in [7, 11) is 3.24. The second kappa shape index (κ2) is 9.30. The minimum absolute atomic E-state index is 0.0803. The number of benzene rings is 2. The Morgan fingerprint density at radius 3 is 2.46 bits per heavy atom. The number of hydrogen-bond donors (Lipinski definition) is 2. The molecule has 0 atom stereocenters. The smallest absolute Gasteiger partial charge is 0.251 e. The molecule has 2 aromatic carbocycles. The summed E-state index contributed by atoms with van der Waals surface area (Å²) in [4.78, 5) is 12.0. The molecular weight excluding hydrogens is 372 g/mol. The predicted octanol–water partition coefficient (Wildman–Crippen LogP) is 2.99. The summed E-state index contributed by atoms with van der Waals surface area (Å²) < 4.78 is 11.6. The fraction of sp³-hybridized carbons (Fsp3) is 0.278. The van der Waals surface area contributed by atoms with Gasteiger partial charge in [0.15, 0.2) is 11.5 Å². The summed E-state index contributed by atoms with van der Waals surface area (Å²) >= 11 is 3.35. The van der Waals surface area contributed by atoms with E-state index in [9.17, 15) is 4.79 Å². The third-order valence-corrected chi connectivity index (χ3v) is 4.02. The van der Waals surface area contributed by atoms with E-state index < -0.39 is 0 Å². The van der Waals surface area contributed by atoms with Crippen molar-refractivity contribution in [1.82, 2.24) is 10.6 Å². The highest BCUT2D eigenvalue weighted by Crippen LogP contribution is 2.30. The van der Waals surface area contributed by atoms with Crippen molar-refractivity contribution in [1.29, 1.82) is 0 Å². The molecule has 0 unspecified atom stereocenters. The van der Waals surface area contributed by atoms with E-state index in [1.807, 2.05) is 30.3 Å². The molecule has 0 aliphatic carbocycles. The molecule has 0 heterocycles. The Hall–Kier alpha value is -2.05. The maximum Gasteiger partial charge on any atom is 0.251 e. The van der Waals surface area contributed by atoms with Crippen LogP contribution in [0.3, 0.4) is 0 Å². The first-order chi connectivity index (χ1) is 11.7. The van der Waals surface area contributed by atoms with Crippen LogP contribution >= 0.6 is 15.9 Å². The van der Waals surface area contributed by atoms with E-state index >= 15 is 0 Å². The molecule has 0 bridgehead atoms. The Morgan fingerprint density at radius 1 is 1.04 bits per heavy atom. The van der Waals surface area contributed by atoms with Crippen LogP contribution in [0.15, 0.2) is 46.9 Å². The lowest BCUT2D eigenvalue weighted by Crippen LogP contribution is -2.31. The fourth-order valence-electron chi connectivity index (χ4n) is 2.28. The van der Waals surface area contributed by atoms with Gasteiger partial charge in [-0.2, -0.15) is 0 Å². The highest BCUT2D eigenvalue weighted by atomic mass is 79.9. The van der Waals surface area contributed by atoms with Crippen LogP contribution in [-0.4, -0.2) is 33.2 Å². The van der Waals surface area contributed by atoms with Gasteiger partial charge in [0.05, 0.1) is 14.2 Å². The lowest BCUT2D eigenvalue weighted by atomic mass is 10.2. The number of carbonyl (C=O) groups excluding carboxylic acids is 1. The first-order valence-electron chi connectivity index (χ1n) is 7.60. The molecular formula is C18H21BrN2O3. The van der Waals surface area contributed by atoms with Gasteiger partial charge in [-0.25, -0.2) is 0 Å². The van der Waals surface area contributed by atoms with E-state index in [1.165, 1.54) is 0 Å². The largest absolute Gasteiger partial charge is 0.493 e. The van der Waals surface area contributed by atoms with Crippen molar-refractivity contribution in [3.05, 3.63) is 58.1 Å². The van der Waals surface area contributed by atoms with Crippen LogP contribution in [0, 0.1) is 0 Å². The lowest BCUT2D eigenvalue weighted by Gasteiger charge is -2.13. The topological polar surface area (TPSA) is 59.6 Å². The zero-order chi connectivity index (χ0) is 17.4. The van der Waals surface area contributed by atoms with Gasteiger partial charge in [-0.05, 0) is 30.3 Å². The van der Waals surface area contributed by atoms with Crippen LogP contribution in [-0.2, 0) is 6.54 Å². The lowest BCUT2D eigenvalue weighted by molar-refractivity contribution is 0.0954. The minimum Gasteiger partial charge on any atom is -0.493 e. The van der Waals surface area contributed by atoms with Crippen LogP contribution in [0.25, 0.3) is 0 Å². The molecule has 6 heteroatoms. The van der Waals surface area contributed by atoms with E-state index in [1.54, 1.807) is 26.4 Å². The van der Waals surface area contributed by atoms with E-state index in [-0.39, 0.29) is 5.91 Å². The summed E-state index contributed by atoms with van der Waals surface area (Å²) in [6.07, 6.45) is 0. The van der Waals surface area contributed by atoms with Crippen LogP contribution in [0.4, 0.5) is 0 Å². The number of rotatable bonds is 8. The molecule has 24 heavy (non-hydrogen) atoms. The Bertz CT molecular complexity index is 674. The van der Waals surface area contributed by atoms with Gasteiger partial charge in [0.2, 0.25) is 0 Å². The van der Waals surface area contributed by atoms with Gasteiger partial charge in [-0.1, -0.05) is 28.1 Å². The van der Waals surface area contributed by atoms with Crippen molar-refractivity contribution >= 4 is 21.8 Å². The van der Waals surface area contributed by atoms with Gasteiger partial charge in [0, 0.05) is 35.2 Å². The zero-order valence-corrected chi connectivity index (χ0v) is 15.4. The van der Waals surface area contributed by atoms with Gasteiger partial charge >= 0.3 is 0 Å². The fourth-order valence-corrected chi connectivity index (χ4v) is 2.55. The van der Waals surface area contributed by atoms with Gasteiger partial charge in [-0.15, -0.1) is 0 Å². The summed E-state index contributed by atoms with van der Waals surface area (Å²) in [6, 6.07) is 13.0. The third-order valence-electron chi connectivity index (χ3n) is 3.49. The predicted molar refractivity (Wildman–Crippen MR) is 97.7 cm³/mol. The van der Waals surface area contributed by atoms with Crippen LogP contribution in [0.5, 0.6) is 11.5 Å². The summed E-state index contributed by atoms with van der Waals surface area (Å²) in [5.74, 6) is 1.36. The number of halogens is 1. The molecule has 0 aliphatic heterocycles. The highest BCUT2D eigenvalue weighted by Gasteiger charge is 2.09. The van der Waals surface area contributed by atoms with Gasteiger partial charge in [-0.3, -0.25) is 4.79 Å². The molecule has 2 rings (SSSR count). The summed E-state index contributed by atoms with van der Waals surface area (Å²) in [5.41, 5.74) is 1.66. The Balaban J connectivity index is 1.77. The number of ether oxygens (including phenoxy) is 2. The second-order valence-electron chi connectivity index (χ2n) is 5.09. The summed E-state index contributed by atoms with van der Waals surface area (Å²) in [6.45, 7) is 1.83. The number of para-hydroxylation sites is 1. The Morgan fingerprint density at radius 2 is 1.79 bits per heavy atom. The van der Waals surface area contributed by atoms with Crippen molar-refractivity contribution in [2.75, 3.05) is 27.3 Å². The van der Waals surface area contributed by atoms with Crippen molar-refractivity contribution in [3.63, 3.8) is 0 Å². The molecule has 0 aliphatic rings. The third kappa shape index (κ3) is 4.97. The second-order valence-corrected chi connectivity index (χ2v) is 6.01. The molecule has 0 saturated carbocycles. The summed E-state index contributed by atoms with van der Waals surface area (Å²) in [5, 5.41) is 6.17. The molecule has 2 N–H and O–H groups in total. The monoisotopic (exact) mass is 392 g/mol. The van der Waals surface area contributed by atoms with Crippen molar-refractivity contribution < 1.29 is 14.3 Å². The molecule has 0 fully saturated rings. The maximum absolute atomic E-state index is 12.0. The van der Waals surface area contributed by atoms with Crippen molar-refractivity contribution in [3.8, 4) is 11.5 Å². The molecule has 5 nitrogen and oxygen atoms in total. The van der Waals surface area contributed by atoms with E-state index in [0.717, 1.165) is 15.8 Å². The van der Waals surface area contributed by atoms with Gasteiger partial charge in [0.1, 0.15) is 0 Å². The molecule has 2 aromatic rings. The molecule has 0 radical (unpaired) electrons. The number of methoxy groups -OCH3 is 2. The maximum atomic E-state index is 12.0. The zero-order valence-electron chi connectivity index (χ0n) is 13.8. The first-order valence-corrected chi connectivity index (χ1v) is 8.39. The number of nitrogens with one attached hydrogen (secondary N) is 2. The molecule has 0 saturated heterocycles. The quantitative estimate of drug-likeness (QED) is 0.677. The highest BCUT2D eigenvalue weighted by molar-refractivity contribution is 9.10. The number of carbonyl (C=O) groups is 1. The molecule has 0 aromatic heterocycles. The average molecular weight is 393 g/mol. The number of hydrogen-bond acceptors (Lipinski definition) is 4. The molecule has 1 amide bonds. The van der Waals surface area contributed by atoms with Gasteiger partial charge in [0.25, 0.3) is 5.91 Å². The average Bonchev–Trinajstić information content (AvgIpc) is 2.61. The number of amides is 1. The van der Waals surface area contributed by atoms with Gasteiger partial charge < -0.3 is 20.1 Å². The Kier molecular flexibility index (Phi) is 7.08. The van der Waals surface area contributed by atoms with Crippen LogP contribution in [0.1, 0.15) is 15.9 Å². The van der Waals surface area contributed by atoms with E-state index in [2.05, 4.69) is 26.6 Å². The first kappa shape index (κ1) is 18.3. The van der Waals surface area contributed by atoms with Crippen molar-refractivity contribution in [2.24, 2.45) is 0 Å². The molecule has 0 spiro atoms. The normalized spacial score (nSPS) is 10.3. The minimum atomic E-state index is -0.0803. The Labute approximate surface area is 150 Å². The van der Waals surface area contributed by atoms with Crippen LogP contribution < -0.4 is 20.1 Å². The molecule has 128 valence electrons. The SMILES string of the molecule is COc1cccc(CNCCNC(=O)c2ccc(Br)cc2)c1OC. The van der Waals surface area contributed by atoms with Crippen molar-refractivity contribution in [2.45, 2.75) is 6.54 Å². The van der Waals surface area contributed by atoms with E-state index in [0.29, 0.717) is 30.9 Å².